The highest BCUT2D eigenvalue weighted by molar-refractivity contribution is 5.78. The van der Waals surface area contributed by atoms with Gasteiger partial charge in [-0.3, -0.25) is 14.7 Å². The summed E-state index contributed by atoms with van der Waals surface area (Å²) in [6.07, 6.45) is 5.62. The first-order valence-electron chi connectivity index (χ1n) is 13.4. The predicted octanol–water partition coefficient (Wildman–Crippen LogP) is 3.15. The van der Waals surface area contributed by atoms with E-state index in [-0.39, 0.29) is 17.9 Å². The fourth-order valence-electron chi connectivity index (χ4n) is 5.03. The molecular formula is C28H36N6O4. The molecule has 1 aromatic carbocycles. The fourth-order valence-corrected chi connectivity index (χ4v) is 5.03. The lowest BCUT2D eigenvalue weighted by atomic mass is 9.96. The van der Waals surface area contributed by atoms with Crippen LogP contribution in [-0.2, 0) is 16.1 Å². The average Bonchev–Trinajstić information content (AvgIpc) is 3.47. The number of rotatable bonds is 10. The highest BCUT2D eigenvalue weighted by atomic mass is 16.5. The van der Waals surface area contributed by atoms with Crippen LogP contribution in [0.1, 0.15) is 31.4 Å². The highest BCUT2D eigenvalue weighted by Gasteiger charge is 2.27. The van der Waals surface area contributed by atoms with Crippen molar-refractivity contribution in [2.24, 2.45) is 5.92 Å². The van der Waals surface area contributed by atoms with Crippen molar-refractivity contribution in [2.45, 2.75) is 38.3 Å². The summed E-state index contributed by atoms with van der Waals surface area (Å²) < 4.78 is 16.7. The van der Waals surface area contributed by atoms with Crippen molar-refractivity contribution in [3.63, 3.8) is 0 Å². The van der Waals surface area contributed by atoms with Gasteiger partial charge in [-0.25, -0.2) is 0 Å². The molecule has 2 aliphatic rings. The van der Waals surface area contributed by atoms with Crippen LogP contribution in [-0.4, -0.2) is 78.5 Å². The third-order valence-electron chi connectivity index (χ3n) is 7.30. The summed E-state index contributed by atoms with van der Waals surface area (Å²) in [6.45, 7) is 5.40. The number of benzene rings is 1. The number of ether oxygens (including phenoxy) is 2. The minimum atomic E-state index is -0.00920. The summed E-state index contributed by atoms with van der Waals surface area (Å²) in [4.78, 5) is 26.1. The first-order chi connectivity index (χ1) is 18.7. The molecule has 5 rings (SSSR count). The fraction of sp³-hybridized carbons (Fsp3) is 0.500. The number of carbonyl (C=O) groups is 1. The zero-order valence-electron chi connectivity index (χ0n) is 21.9. The van der Waals surface area contributed by atoms with E-state index in [1.54, 1.807) is 7.11 Å². The molecule has 1 amide bonds. The van der Waals surface area contributed by atoms with Crippen molar-refractivity contribution in [3.05, 3.63) is 54.4 Å². The minimum absolute atomic E-state index is 0.00920. The smallest absolute Gasteiger partial charge is 0.324 e. The van der Waals surface area contributed by atoms with E-state index < -0.39 is 0 Å². The van der Waals surface area contributed by atoms with Crippen molar-refractivity contribution in [1.82, 2.24) is 25.3 Å². The standard InChI is InChI=1S/C28H36N6O4/c1-36-24-7-5-21(6-8-24)26-31-28(38-32-26)34-17-9-22(10-18-34)27(35)30-14-19-37-25-11-15-33(16-12-25)20-23-4-2-3-13-29-23/h2-8,13,22,25H,9-12,14-20H2,1H3,(H,30,35). The Morgan fingerprint density at radius 2 is 1.84 bits per heavy atom. The van der Waals surface area contributed by atoms with E-state index in [9.17, 15) is 4.79 Å². The number of carbonyl (C=O) groups excluding carboxylic acids is 1. The van der Waals surface area contributed by atoms with Crippen LogP contribution in [0.2, 0.25) is 0 Å². The van der Waals surface area contributed by atoms with Crippen molar-refractivity contribution >= 4 is 11.9 Å². The summed E-state index contributed by atoms with van der Waals surface area (Å²) in [6, 6.07) is 14.1. The summed E-state index contributed by atoms with van der Waals surface area (Å²) in [7, 11) is 1.63. The Labute approximate surface area is 223 Å². The van der Waals surface area contributed by atoms with Crippen LogP contribution in [0.5, 0.6) is 5.75 Å². The number of nitrogens with one attached hydrogen (secondary N) is 1. The van der Waals surface area contributed by atoms with E-state index in [0.29, 0.717) is 38.1 Å². The van der Waals surface area contributed by atoms with Crippen LogP contribution in [0.25, 0.3) is 11.4 Å². The third kappa shape index (κ3) is 6.87. The second-order valence-corrected chi connectivity index (χ2v) is 9.85. The molecule has 0 radical (unpaired) electrons. The number of pyridine rings is 1. The summed E-state index contributed by atoms with van der Waals surface area (Å²) in [5.41, 5.74) is 1.98. The van der Waals surface area contributed by atoms with E-state index in [2.05, 4.69) is 31.4 Å². The van der Waals surface area contributed by atoms with Gasteiger partial charge in [-0.2, -0.15) is 4.98 Å². The quantitative estimate of drug-likeness (QED) is 0.404. The summed E-state index contributed by atoms with van der Waals surface area (Å²) in [5, 5.41) is 7.18. The molecule has 202 valence electrons. The maximum atomic E-state index is 12.7. The van der Waals surface area contributed by atoms with Crippen molar-refractivity contribution < 1.29 is 18.8 Å². The molecule has 10 nitrogen and oxygen atoms in total. The molecule has 10 heteroatoms. The predicted molar refractivity (Wildman–Crippen MR) is 143 cm³/mol. The number of nitrogens with zero attached hydrogens (tertiary/aromatic N) is 5. The van der Waals surface area contributed by atoms with Crippen LogP contribution in [0.3, 0.4) is 0 Å². The second kappa shape index (κ2) is 12.8. The molecule has 0 unspecified atom stereocenters. The molecule has 3 aromatic rings. The Morgan fingerprint density at radius 1 is 1.05 bits per heavy atom. The Morgan fingerprint density at radius 3 is 2.55 bits per heavy atom. The van der Waals surface area contributed by atoms with E-state index >= 15 is 0 Å². The molecule has 0 bridgehead atoms. The summed E-state index contributed by atoms with van der Waals surface area (Å²) in [5.74, 6) is 1.41. The van der Waals surface area contributed by atoms with Gasteiger partial charge in [-0.05, 0) is 62.1 Å². The molecule has 2 aliphatic heterocycles. The first kappa shape index (κ1) is 26.1. The second-order valence-electron chi connectivity index (χ2n) is 9.85. The topological polar surface area (TPSA) is 106 Å². The number of anilines is 1. The first-order valence-corrected chi connectivity index (χ1v) is 13.4. The SMILES string of the molecule is COc1ccc(-c2noc(N3CCC(C(=O)NCCOC4CCN(Cc5ccccn5)CC4)CC3)n2)cc1. The molecular weight excluding hydrogens is 484 g/mol. The zero-order valence-corrected chi connectivity index (χ0v) is 21.9. The van der Waals surface area contributed by atoms with Crippen LogP contribution in [0.15, 0.2) is 53.2 Å². The molecule has 0 atom stereocenters. The lowest BCUT2D eigenvalue weighted by Crippen LogP contribution is -2.42. The highest BCUT2D eigenvalue weighted by Crippen LogP contribution is 2.26. The van der Waals surface area contributed by atoms with Crippen molar-refractivity contribution in [2.75, 3.05) is 51.3 Å². The van der Waals surface area contributed by atoms with E-state index in [1.165, 1.54) is 0 Å². The van der Waals surface area contributed by atoms with E-state index in [0.717, 1.165) is 62.3 Å². The largest absolute Gasteiger partial charge is 0.497 e. The van der Waals surface area contributed by atoms with Gasteiger partial charge in [0.05, 0.1) is 25.5 Å². The van der Waals surface area contributed by atoms with E-state index in [4.69, 9.17) is 14.0 Å². The number of hydrogen-bond donors (Lipinski definition) is 1. The van der Waals surface area contributed by atoms with Gasteiger partial charge < -0.3 is 24.2 Å². The van der Waals surface area contributed by atoms with Crippen molar-refractivity contribution in [1.29, 1.82) is 0 Å². The summed E-state index contributed by atoms with van der Waals surface area (Å²) >= 11 is 0. The van der Waals surface area contributed by atoms with Gasteiger partial charge in [0.1, 0.15) is 5.75 Å². The molecule has 0 saturated carbocycles. The lowest BCUT2D eigenvalue weighted by Gasteiger charge is -2.32. The minimum Gasteiger partial charge on any atom is -0.497 e. The molecule has 1 N–H and O–H groups in total. The van der Waals surface area contributed by atoms with Crippen molar-refractivity contribution in [3.8, 4) is 17.1 Å². The maximum absolute atomic E-state index is 12.7. The molecule has 2 saturated heterocycles. The Kier molecular flexibility index (Phi) is 8.82. The van der Waals surface area contributed by atoms with Crippen LogP contribution in [0, 0.1) is 5.92 Å². The van der Waals surface area contributed by atoms with Gasteiger partial charge in [0, 0.05) is 56.9 Å². The molecule has 0 aliphatic carbocycles. The van der Waals surface area contributed by atoms with Gasteiger partial charge in [0.2, 0.25) is 11.7 Å². The number of methoxy groups -OCH3 is 1. The average molecular weight is 521 g/mol. The number of amides is 1. The van der Waals surface area contributed by atoms with Gasteiger partial charge in [-0.1, -0.05) is 11.2 Å². The van der Waals surface area contributed by atoms with Crippen LogP contribution in [0.4, 0.5) is 6.01 Å². The molecule has 2 aromatic heterocycles. The Bertz CT molecular complexity index is 1140. The number of hydrogen-bond acceptors (Lipinski definition) is 9. The number of aromatic nitrogens is 3. The maximum Gasteiger partial charge on any atom is 0.324 e. The third-order valence-corrected chi connectivity index (χ3v) is 7.30. The van der Waals surface area contributed by atoms with Gasteiger partial charge in [0.15, 0.2) is 0 Å². The van der Waals surface area contributed by atoms with Crippen LogP contribution < -0.4 is 15.0 Å². The zero-order chi connectivity index (χ0) is 26.2. The normalized spacial score (nSPS) is 17.4. The monoisotopic (exact) mass is 520 g/mol. The Balaban J connectivity index is 0.970. The number of piperidine rings is 2. The molecule has 38 heavy (non-hydrogen) atoms. The lowest BCUT2D eigenvalue weighted by molar-refractivity contribution is -0.126. The van der Waals surface area contributed by atoms with Gasteiger partial charge in [-0.15, -0.1) is 0 Å². The molecule has 2 fully saturated rings. The van der Waals surface area contributed by atoms with Gasteiger partial charge >= 0.3 is 6.01 Å². The van der Waals surface area contributed by atoms with E-state index in [1.807, 2.05) is 47.5 Å². The van der Waals surface area contributed by atoms with Gasteiger partial charge in [0.25, 0.3) is 0 Å². The Hall–Kier alpha value is -3.50. The molecule has 4 heterocycles. The van der Waals surface area contributed by atoms with Crippen LogP contribution >= 0.6 is 0 Å². The molecule has 0 spiro atoms. The number of likely N-dealkylation sites (tertiary alicyclic amines) is 1.